The van der Waals surface area contributed by atoms with Crippen LogP contribution in [0.2, 0.25) is 5.02 Å². The van der Waals surface area contributed by atoms with Crippen molar-refractivity contribution in [3.63, 3.8) is 0 Å². The highest BCUT2D eigenvalue weighted by Crippen LogP contribution is 2.33. The fraction of sp³-hybridized carbons (Fsp3) is 0.0667. The first-order valence-corrected chi connectivity index (χ1v) is 7.09. The fourth-order valence-corrected chi connectivity index (χ4v) is 2.37. The number of hydrogen-bond donors (Lipinski definition) is 1. The van der Waals surface area contributed by atoms with Crippen molar-refractivity contribution >= 4 is 35.3 Å². The van der Waals surface area contributed by atoms with Crippen molar-refractivity contribution in [2.24, 2.45) is 0 Å². The maximum atomic E-state index is 11.8. The summed E-state index contributed by atoms with van der Waals surface area (Å²) in [6.07, 6.45) is 1.37. The Morgan fingerprint density at radius 2 is 2.04 bits per heavy atom. The number of nitrogens with one attached hydrogen (secondary N) is 1. The van der Waals surface area contributed by atoms with Gasteiger partial charge in [0.25, 0.3) is 11.6 Å². The minimum absolute atomic E-state index is 0.0774. The molecule has 3 amide bonds. The van der Waals surface area contributed by atoms with E-state index in [4.69, 9.17) is 16.0 Å². The molecule has 1 fully saturated rings. The van der Waals surface area contributed by atoms with Crippen LogP contribution in [0.3, 0.4) is 0 Å². The van der Waals surface area contributed by atoms with E-state index in [1.54, 1.807) is 12.1 Å². The quantitative estimate of drug-likeness (QED) is 0.397. The summed E-state index contributed by atoms with van der Waals surface area (Å²) in [5.41, 5.74) is 0.313. The van der Waals surface area contributed by atoms with Crippen molar-refractivity contribution in [2.75, 3.05) is 7.05 Å². The van der Waals surface area contributed by atoms with E-state index in [0.29, 0.717) is 22.1 Å². The van der Waals surface area contributed by atoms with Crippen molar-refractivity contribution in [2.45, 2.75) is 0 Å². The van der Waals surface area contributed by atoms with Gasteiger partial charge in [0, 0.05) is 30.8 Å². The van der Waals surface area contributed by atoms with Crippen LogP contribution >= 0.6 is 11.6 Å². The maximum absolute atomic E-state index is 11.8. The van der Waals surface area contributed by atoms with Crippen LogP contribution in [-0.2, 0) is 4.79 Å². The Morgan fingerprint density at radius 1 is 1.29 bits per heavy atom. The van der Waals surface area contributed by atoms with Gasteiger partial charge in [0.2, 0.25) is 0 Å². The van der Waals surface area contributed by atoms with Gasteiger partial charge >= 0.3 is 6.03 Å². The number of nitro groups is 1. The molecule has 9 heteroatoms. The van der Waals surface area contributed by atoms with Gasteiger partial charge in [0.1, 0.15) is 17.2 Å². The van der Waals surface area contributed by atoms with Crippen LogP contribution in [0.25, 0.3) is 17.4 Å². The number of rotatable bonds is 3. The van der Waals surface area contributed by atoms with Crippen LogP contribution in [0.15, 0.2) is 40.4 Å². The van der Waals surface area contributed by atoms with E-state index in [2.05, 4.69) is 5.32 Å². The van der Waals surface area contributed by atoms with Gasteiger partial charge in [-0.3, -0.25) is 19.8 Å². The number of hydrogen-bond acceptors (Lipinski definition) is 5. The molecule has 1 saturated heterocycles. The Morgan fingerprint density at radius 3 is 2.67 bits per heavy atom. The van der Waals surface area contributed by atoms with E-state index in [-0.39, 0.29) is 11.4 Å². The van der Waals surface area contributed by atoms with Crippen LogP contribution in [-0.4, -0.2) is 28.8 Å². The molecule has 1 aliphatic rings. The van der Waals surface area contributed by atoms with Gasteiger partial charge in [-0.2, -0.15) is 0 Å². The summed E-state index contributed by atoms with van der Waals surface area (Å²) in [5.74, 6) is 0.124. The number of benzene rings is 1. The van der Waals surface area contributed by atoms with Crippen molar-refractivity contribution in [1.29, 1.82) is 0 Å². The van der Waals surface area contributed by atoms with E-state index in [1.165, 1.54) is 31.3 Å². The Labute approximate surface area is 140 Å². The van der Waals surface area contributed by atoms with Crippen LogP contribution in [0.1, 0.15) is 5.76 Å². The third-order valence-corrected chi connectivity index (χ3v) is 3.75. The number of nitro benzene ring substituents is 1. The standard InChI is InChI=1S/C15H10ClN3O5/c1-18-14(20)12(17-15(18)21)7-9-3-5-13(24-9)10-6-8(19(22)23)2-4-11(10)16/h2-7H,1H3,(H,17,21)/b12-7+. The van der Waals surface area contributed by atoms with Gasteiger partial charge in [-0.05, 0) is 18.2 Å². The van der Waals surface area contributed by atoms with Crippen molar-refractivity contribution in [3.05, 3.63) is 56.9 Å². The summed E-state index contributed by atoms with van der Waals surface area (Å²) in [4.78, 5) is 34.5. The topological polar surface area (TPSA) is 106 Å². The number of likely N-dealkylation sites (N-methyl/N-ethyl adjacent to an activating group) is 1. The van der Waals surface area contributed by atoms with Gasteiger partial charge in [-0.25, -0.2) is 4.79 Å². The first kappa shape index (κ1) is 15.8. The molecule has 122 valence electrons. The summed E-state index contributed by atoms with van der Waals surface area (Å²) in [6, 6.07) is 6.61. The molecule has 0 unspecified atom stereocenters. The second kappa shape index (κ2) is 5.82. The van der Waals surface area contributed by atoms with Crippen LogP contribution < -0.4 is 5.32 Å². The first-order valence-electron chi connectivity index (χ1n) is 6.71. The summed E-state index contributed by atoms with van der Waals surface area (Å²) in [7, 11) is 1.36. The zero-order valence-electron chi connectivity index (χ0n) is 12.3. The van der Waals surface area contributed by atoms with E-state index >= 15 is 0 Å². The predicted octanol–water partition coefficient (Wildman–Crippen LogP) is 3.03. The summed E-state index contributed by atoms with van der Waals surface area (Å²) >= 11 is 6.06. The van der Waals surface area contributed by atoms with Gasteiger partial charge in [0.05, 0.1) is 9.95 Å². The second-order valence-corrected chi connectivity index (χ2v) is 5.38. The molecule has 0 spiro atoms. The number of carbonyl (C=O) groups is 2. The SMILES string of the molecule is CN1C(=O)N/C(=C/c2ccc(-c3cc([N+](=O)[O-])ccc3Cl)o2)C1=O. The number of nitrogens with zero attached hydrogens (tertiary/aromatic N) is 2. The summed E-state index contributed by atoms with van der Waals surface area (Å²) < 4.78 is 5.56. The molecule has 24 heavy (non-hydrogen) atoms. The molecule has 0 saturated carbocycles. The molecule has 0 radical (unpaired) electrons. The van der Waals surface area contributed by atoms with Crippen molar-refractivity contribution in [1.82, 2.24) is 10.2 Å². The van der Waals surface area contributed by atoms with E-state index < -0.39 is 16.9 Å². The van der Waals surface area contributed by atoms with Crippen LogP contribution in [0.4, 0.5) is 10.5 Å². The molecule has 1 aromatic carbocycles. The molecule has 0 bridgehead atoms. The highest BCUT2D eigenvalue weighted by Gasteiger charge is 2.30. The molecule has 2 heterocycles. The lowest BCUT2D eigenvalue weighted by molar-refractivity contribution is -0.384. The molecule has 0 atom stereocenters. The second-order valence-electron chi connectivity index (χ2n) is 4.98. The number of non-ortho nitro benzene ring substituents is 1. The molecule has 8 nitrogen and oxygen atoms in total. The van der Waals surface area contributed by atoms with E-state index in [9.17, 15) is 19.7 Å². The van der Waals surface area contributed by atoms with Crippen molar-refractivity contribution in [3.8, 4) is 11.3 Å². The molecule has 1 N–H and O–H groups in total. The maximum Gasteiger partial charge on any atom is 0.328 e. The lowest BCUT2D eigenvalue weighted by Crippen LogP contribution is -2.25. The molecule has 3 rings (SSSR count). The van der Waals surface area contributed by atoms with Crippen LogP contribution in [0, 0.1) is 10.1 Å². The molecule has 1 aromatic heterocycles. The minimum atomic E-state index is -0.534. The Bertz CT molecular complexity index is 902. The van der Waals surface area contributed by atoms with Crippen molar-refractivity contribution < 1.29 is 18.9 Å². The predicted molar refractivity (Wildman–Crippen MR) is 85.1 cm³/mol. The molecule has 2 aromatic rings. The summed E-state index contributed by atoms with van der Waals surface area (Å²) in [6.45, 7) is 0. The Kier molecular flexibility index (Phi) is 3.82. The van der Waals surface area contributed by atoms with Gasteiger partial charge in [-0.1, -0.05) is 11.6 Å². The average Bonchev–Trinajstić information content (AvgIpc) is 3.09. The Balaban J connectivity index is 1.95. The molecular formula is C15H10ClN3O5. The normalized spacial score (nSPS) is 15.9. The number of halogens is 1. The highest BCUT2D eigenvalue weighted by molar-refractivity contribution is 6.33. The lowest BCUT2D eigenvalue weighted by Gasteiger charge is -2.01. The van der Waals surface area contributed by atoms with E-state index in [1.807, 2.05) is 0 Å². The number of imide groups is 1. The average molecular weight is 348 g/mol. The number of amides is 3. The van der Waals surface area contributed by atoms with Gasteiger partial charge < -0.3 is 9.73 Å². The van der Waals surface area contributed by atoms with Gasteiger partial charge in [-0.15, -0.1) is 0 Å². The zero-order chi connectivity index (χ0) is 17.4. The number of furan rings is 1. The van der Waals surface area contributed by atoms with E-state index in [0.717, 1.165) is 4.90 Å². The third-order valence-electron chi connectivity index (χ3n) is 3.42. The van der Waals surface area contributed by atoms with Crippen LogP contribution in [0.5, 0.6) is 0 Å². The first-order chi connectivity index (χ1) is 11.4. The largest absolute Gasteiger partial charge is 0.457 e. The molecular weight excluding hydrogens is 338 g/mol. The third kappa shape index (κ3) is 2.74. The monoisotopic (exact) mass is 347 g/mol. The molecule has 1 aliphatic heterocycles. The van der Waals surface area contributed by atoms with Gasteiger partial charge in [0.15, 0.2) is 0 Å². The fourth-order valence-electron chi connectivity index (χ4n) is 2.16. The smallest absolute Gasteiger partial charge is 0.328 e. The number of carbonyl (C=O) groups excluding carboxylic acids is 2. The summed E-state index contributed by atoms with van der Waals surface area (Å²) in [5, 5.41) is 13.6. The minimum Gasteiger partial charge on any atom is -0.457 e. The zero-order valence-corrected chi connectivity index (χ0v) is 13.0. The lowest BCUT2D eigenvalue weighted by atomic mass is 10.1. The Hall–Kier alpha value is -3.13. The highest BCUT2D eigenvalue weighted by atomic mass is 35.5. The molecule has 0 aliphatic carbocycles. The number of urea groups is 1.